The van der Waals surface area contributed by atoms with E-state index in [0.717, 1.165) is 18.2 Å². The SMILES string of the molecule is CN/C(C)=C\C(N)CN1Cc2ccc(C(N)NOC(C)C(F)(F)F)cc2C1=O. The zero-order valence-electron chi connectivity index (χ0n) is 16.0. The fourth-order valence-electron chi connectivity index (χ4n) is 2.74. The third-order valence-electron chi connectivity index (χ3n) is 4.49. The predicted octanol–water partition coefficient (Wildman–Crippen LogP) is 1.52. The Hall–Kier alpha value is -2.14. The normalized spacial score (nSPS) is 18.1. The largest absolute Gasteiger partial charge is 0.416 e. The number of nitrogens with one attached hydrogen (secondary N) is 2. The van der Waals surface area contributed by atoms with Crippen molar-refractivity contribution in [2.75, 3.05) is 13.6 Å². The molecule has 1 amide bonds. The van der Waals surface area contributed by atoms with Crippen molar-refractivity contribution in [2.24, 2.45) is 11.5 Å². The summed E-state index contributed by atoms with van der Waals surface area (Å²) in [6.45, 7) is 3.51. The highest BCUT2D eigenvalue weighted by Gasteiger charge is 2.38. The van der Waals surface area contributed by atoms with Crippen molar-refractivity contribution in [1.29, 1.82) is 0 Å². The summed E-state index contributed by atoms with van der Waals surface area (Å²) in [7, 11) is 1.79. The molecule has 0 fully saturated rings. The first kappa shape index (κ1) is 22.2. The number of hydrogen-bond donors (Lipinski definition) is 4. The molecule has 1 aromatic carbocycles. The molecule has 10 heteroatoms. The second-order valence-corrected chi connectivity index (χ2v) is 6.76. The van der Waals surface area contributed by atoms with E-state index in [9.17, 15) is 18.0 Å². The van der Waals surface area contributed by atoms with E-state index in [2.05, 4.69) is 15.6 Å². The first-order valence-electron chi connectivity index (χ1n) is 8.80. The van der Waals surface area contributed by atoms with Gasteiger partial charge in [0.25, 0.3) is 5.91 Å². The van der Waals surface area contributed by atoms with E-state index in [1.807, 2.05) is 13.0 Å². The highest BCUT2D eigenvalue weighted by atomic mass is 19.4. The van der Waals surface area contributed by atoms with Crippen LogP contribution >= 0.6 is 0 Å². The van der Waals surface area contributed by atoms with Gasteiger partial charge in [-0.1, -0.05) is 12.1 Å². The molecule has 1 aromatic rings. The molecule has 3 atom stereocenters. The Labute approximate surface area is 161 Å². The zero-order chi connectivity index (χ0) is 21.1. The van der Waals surface area contributed by atoms with E-state index in [1.54, 1.807) is 30.1 Å². The van der Waals surface area contributed by atoms with Gasteiger partial charge >= 0.3 is 6.18 Å². The van der Waals surface area contributed by atoms with Crippen LogP contribution < -0.4 is 22.3 Å². The van der Waals surface area contributed by atoms with Gasteiger partial charge in [0.1, 0.15) is 6.17 Å². The molecular weight excluding hydrogens is 375 g/mol. The summed E-state index contributed by atoms with van der Waals surface area (Å²) in [6.07, 6.45) is -5.69. The van der Waals surface area contributed by atoms with Gasteiger partial charge in [-0.25, -0.2) is 0 Å². The second-order valence-electron chi connectivity index (χ2n) is 6.76. The molecule has 1 aliphatic heterocycles. The van der Waals surface area contributed by atoms with Gasteiger partial charge in [-0.05, 0) is 37.1 Å². The highest BCUT2D eigenvalue weighted by Crippen LogP contribution is 2.26. The van der Waals surface area contributed by atoms with Crippen molar-refractivity contribution in [3.05, 3.63) is 46.7 Å². The molecule has 156 valence electrons. The Morgan fingerprint density at radius 1 is 1.39 bits per heavy atom. The summed E-state index contributed by atoms with van der Waals surface area (Å²) in [5, 5.41) is 2.97. The Bertz CT molecular complexity index is 738. The number of halogens is 3. The monoisotopic (exact) mass is 401 g/mol. The minimum atomic E-state index is -4.50. The molecule has 7 nitrogen and oxygen atoms in total. The molecule has 28 heavy (non-hydrogen) atoms. The summed E-state index contributed by atoms with van der Waals surface area (Å²) < 4.78 is 37.5. The van der Waals surface area contributed by atoms with E-state index in [1.165, 1.54) is 0 Å². The number of carbonyl (C=O) groups is 1. The van der Waals surface area contributed by atoms with Crippen molar-refractivity contribution in [2.45, 2.75) is 44.9 Å². The van der Waals surface area contributed by atoms with Gasteiger partial charge in [0.15, 0.2) is 6.10 Å². The number of hydrogen-bond acceptors (Lipinski definition) is 6. The quantitative estimate of drug-likeness (QED) is 0.389. The van der Waals surface area contributed by atoms with Crippen LogP contribution in [0.1, 0.15) is 41.5 Å². The summed E-state index contributed by atoms with van der Waals surface area (Å²) in [5.41, 5.74) is 16.7. The summed E-state index contributed by atoms with van der Waals surface area (Å²) in [4.78, 5) is 18.8. The van der Waals surface area contributed by atoms with Crippen LogP contribution in [0.3, 0.4) is 0 Å². The third kappa shape index (κ3) is 5.44. The maximum absolute atomic E-state index is 12.7. The molecule has 1 heterocycles. The van der Waals surface area contributed by atoms with E-state index >= 15 is 0 Å². The number of amides is 1. The fraction of sp³-hybridized carbons (Fsp3) is 0.500. The Morgan fingerprint density at radius 2 is 2.07 bits per heavy atom. The van der Waals surface area contributed by atoms with Gasteiger partial charge in [0.2, 0.25) is 0 Å². The first-order chi connectivity index (χ1) is 13.0. The number of fused-ring (bicyclic) bond motifs is 1. The van der Waals surface area contributed by atoms with Crippen LogP contribution in [-0.2, 0) is 11.4 Å². The number of rotatable bonds is 8. The molecule has 0 radical (unpaired) electrons. The van der Waals surface area contributed by atoms with Crippen molar-refractivity contribution in [3.63, 3.8) is 0 Å². The average Bonchev–Trinajstić information content (AvgIpc) is 2.93. The molecular formula is C18H26F3N5O2. The van der Waals surface area contributed by atoms with Crippen molar-refractivity contribution < 1.29 is 22.8 Å². The van der Waals surface area contributed by atoms with Gasteiger partial charge in [0.05, 0.1) is 0 Å². The van der Waals surface area contributed by atoms with Gasteiger partial charge in [0, 0.05) is 37.4 Å². The van der Waals surface area contributed by atoms with E-state index in [0.29, 0.717) is 24.2 Å². The molecule has 0 spiro atoms. The summed E-state index contributed by atoms with van der Waals surface area (Å²) in [6, 6.07) is 4.63. The minimum absolute atomic E-state index is 0.195. The smallest absolute Gasteiger partial charge is 0.392 e. The zero-order valence-corrected chi connectivity index (χ0v) is 16.0. The number of carbonyl (C=O) groups excluding carboxylic acids is 1. The number of benzene rings is 1. The molecule has 0 aliphatic carbocycles. The van der Waals surface area contributed by atoms with Gasteiger partial charge in [-0.15, -0.1) is 0 Å². The lowest BCUT2D eigenvalue weighted by atomic mass is 10.0. The molecule has 2 rings (SSSR count). The van der Waals surface area contributed by atoms with E-state index in [4.69, 9.17) is 11.5 Å². The van der Waals surface area contributed by atoms with Crippen LogP contribution in [0.25, 0.3) is 0 Å². The first-order valence-corrected chi connectivity index (χ1v) is 8.80. The topological polar surface area (TPSA) is 106 Å². The third-order valence-corrected chi connectivity index (χ3v) is 4.49. The van der Waals surface area contributed by atoms with Gasteiger partial charge in [-0.3, -0.25) is 9.63 Å². The van der Waals surface area contributed by atoms with E-state index < -0.39 is 18.4 Å². The van der Waals surface area contributed by atoms with Crippen LogP contribution in [0.2, 0.25) is 0 Å². The lowest BCUT2D eigenvalue weighted by molar-refractivity contribution is -0.235. The number of nitrogens with zero attached hydrogens (tertiary/aromatic N) is 1. The van der Waals surface area contributed by atoms with Crippen molar-refractivity contribution in [3.8, 4) is 0 Å². The Morgan fingerprint density at radius 3 is 2.68 bits per heavy atom. The van der Waals surface area contributed by atoms with Crippen LogP contribution in [0, 0.1) is 0 Å². The summed E-state index contributed by atoms with van der Waals surface area (Å²) >= 11 is 0. The lowest BCUT2D eigenvalue weighted by Crippen LogP contribution is -2.38. The van der Waals surface area contributed by atoms with Gasteiger partial charge < -0.3 is 21.7 Å². The number of alkyl halides is 3. The molecule has 3 unspecified atom stereocenters. The summed E-state index contributed by atoms with van der Waals surface area (Å²) in [5.74, 6) is -0.195. The molecule has 0 saturated heterocycles. The average molecular weight is 401 g/mol. The van der Waals surface area contributed by atoms with Crippen molar-refractivity contribution in [1.82, 2.24) is 15.7 Å². The highest BCUT2D eigenvalue weighted by molar-refractivity contribution is 5.98. The fourth-order valence-corrected chi connectivity index (χ4v) is 2.74. The van der Waals surface area contributed by atoms with Crippen LogP contribution in [-0.4, -0.2) is 42.7 Å². The maximum atomic E-state index is 12.7. The molecule has 0 saturated carbocycles. The number of hydroxylamine groups is 1. The lowest BCUT2D eigenvalue weighted by Gasteiger charge is -2.20. The van der Waals surface area contributed by atoms with Gasteiger partial charge in [-0.2, -0.15) is 18.7 Å². The van der Waals surface area contributed by atoms with Crippen LogP contribution in [0.15, 0.2) is 30.0 Å². The van der Waals surface area contributed by atoms with Crippen LogP contribution in [0.5, 0.6) is 0 Å². The predicted molar refractivity (Wildman–Crippen MR) is 98.6 cm³/mol. The maximum Gasteiger partial charge on any atom is 0.416 e. The second kappa shape index (κ2) is 8.91. The number of allylic oxidation sites excluding steroid dienone is 1. The molecule has 0 bridgehead atoms. The molecule has 0 aromatic heterocycles. The minimum Gasteiger partial charge on any atom is -0.392 e. The Balaban J connectivity index is 2.03. The standard InChI is InChI=1S/C18H26F3N5O2/c1-10(24-3)6-14(22)9-26-8-13-5-4-12(7-15(13)17(26)27)16(23)25-28-11(2)18(19,20)21/h4-7,11,14,16,24-25H,8-9,22-23H2,1-3H3/b10-6-. The van der Waals surface area contributed by atoms with Crippen LogP contribution in [0.4, 0.5) is 13.2 Å². The molecule has 6 N–H and O–H groups in total. The van der Waals surface area contributed by atoms with E-state index in [-0.39, 0.29) is 11.9 Å². The van der Waals surface area contributed by atoms with Crippen molar-refractivity contribution >= 4 is 5.91 Å². The molecule has 1 aliphatic rings. The Kier molecular flexibility index (Phi) is 7.05. The number of nitrogens with two attached hydrogens (primary N) is 2.